The van der Waals surface area contributed by atoms with Crippen molar-refractivity contribution >= 4 is 45.1 Å². The number of hydrogen-bond donors (Lipinski definition) is 1. The third-order valence-electron chi connectivity index (χ3n) is 3.84. The van der Waals surface area contributed by atoms with Crippen molar-refractivity contribution in [3.63, 3.8) is 0 Å². The van der Waals surface area contributed by atoms with Crippen LogP contribution in [0, 0.1) is 0 Å². The summed E-state index contributed by atoms with van der Waals surface area (Å²) in [6, 6.07) is 9.90. The normalized spacial score (nSPS) is 11.4. The standard InChI is InChI=1S/C18H17N5O2S2/c1-11(2)23-16(14-9-12-5-3-4-6-13(12)25-14)21-22-18(23)27-10-15(24)20-17-19-7-8-26-17/h3-9,11H,10H2,1-2H3,(H,19,20,24). The molecule has 0 aliphatic carbocycles. The molecule has 4 aromatic rings. The van der Waals surface area contributed by atoms with Gasteiger partial charge in [-0.1, -0.05) is 30.0 Å². The Morgan fingerprint density at radius 3 is 2.93 bits per heavy atom. The van der Waals surface area contributed by atoms with Crippen molar-refractivity contribution in [2.45, 2.75) is 25.0 Å². The van der Waals surface area contributed by atoms with Crippen LogP contribution in [0.1, 0.15) is 19.9 Å². The number of carbonyl (C=O) groups is 1. The summed E-state index contributed by atoms with van der Waals surface area (Å²) < 4.78 is 7.92. The van der Waals surface area contributed by atoms with Crippen LogP contribution in [0.2, 0.25) is 0 Å². The number of benzene rings is 1. The van der Waals surface area contributed by atoms with E-state index in [9.17, 15) is 4.79 Å². The van der Waals surface area contributed by atoms with Crippen molar-refractivity contribution in [3.8, 4) is 11.6 Å². The highest BCUT2D eigenvalue weighted by atomic mass is 32.2. The van der Waals surface area contributed by atoms with Crippen molar-refractivity contribution in [1.82, 2.24) is 19.7 Å². The van der Waals surface area contributed by atoms with Gasteiger partial charge in [0.1, 0.15) is 5.58 Å². The summed E-state index contributed by atoms with van der Waals surface area (Å²) in [4.78, 5) is 16.2. The van der Waals surface area contributed by atoms with Gasteiger partial charge >= 0.3 is 0 Å². The number of anilines is 1. The minimum atomic E-state index is -0.126. The summed E-state index contributed by atoms with van der Waals surface area (Å²) in [5, 5.41) is 15.5. The van der Waals surface area contributed by atoms with Crippen LogP contribution >= 0.6 is 23.1 Å². The average Bonchev–Trinajstić information content (AvgIpc) is 3.38. The molecule has 0 bridgehead atoms. The number of nitrogens with zero attached hydrogens (tertiary/aromatic N) is 4. The molecular formula is C18H17N5O2S2. The molecule has 27 heavy (non-hydrogen) atoms. The predicted octanol–water partition coefficient (Wildman–Crippen LogP) is 4.46. The Morgan fingerprint density at radius 1 is 1.33 bits per heavy atom. The predicted molar refractivity (Wildman–Crippen MR) is 107 cm³/mol. The van der Waals surface area contributed by atoms with E-state index in [2.05, 4.69) is 34.3 Å². The Labute approximate surface area is 163 Å². The third kappa shape index (κ3) is 3.74. The van der Waals surface area contributed by atoms with Gasteiger partial charge < -0.3 is 9.73 Å². The first-order valence-corrected chi connectivity index (χ1v) is 10.2. The molecule has 7 nitrogen and oxygen atoms in total. The molecule has 9 heteroatoms. The van der Waals surface area contributed by atoms with Crippen LogP contribution in [-0.4, -0.2) is 31.4 Å². The van der Waals surface area contributed by atoms with Gasteiger partial charge in [-0.15, -0.1) is 21.5 Å². The molecule has 0 aliphatic rings. The number of amides is 1. The van der Waals surface area contributed by atoms with E-state index < -0.39 is 0 Å². The van der Waals surface area contributed by atoms with Crippen molar-refractivity contribution in [1.29, 1.82) is 0 Å². The van der Waals surface area contributed by atoms with E-state index in [0.29, 0.717) is 21.9 Å². The van der Waals surface area contributed by atoms with Crippen LogP contribution in [0.5, 0.6) is 0 Å². The van der Waals surface area contributed by atoms with Crippen LogP contribution in [0.15, 0.2) is 51.5 Å². The van der Waals surface area contributed by atoms with Crippen LogP contribution in [0.4, 0.5) is 5.13 Å². The highest BCUT2D eigenvalue weighted by molar-refractivity contribution is 7.99. The number of carbonyl (C=O) groups excluding carboxylic acids is 1. The maximum atomic E-state index is 12.1. The maximum absolute atomic E-state index is 12.1. The SMILES string of the molecule is CC(C)n1c(SCC(=O)Nc2nccs2)nnc1-c1cc2ccccc2o1. The van der Waals surface area contributed by atoms with E-state index in [0.717, 1.165) is 11.0 Å². The third-order valence-corrected chi connectivity index (χ3v) is 5.47. The first-order chi connectivity index (χ1) is 13.1. The zero-order valence-electron chi connectivity index (χ0n) is 14.7. The lowest BCUT2D eigenvalue weighted by molar-refractivity contribution is -0.113. The molecule has 0 saturated heterocycles. The van der Waals surface area contributed by atoms with Crippen molar-refractivity contribution in [2.75, 3.05) is 11.1 Å². The number of thioether (sulfide) groups is 1. The minimum absolute atomic E-state index is 0.118. The second-order valence-corrected chi connectivity index (χ2v) is 7.93. The van der Waals surface area contributed by atoms with E-state index in [-0.39, 0.29) is 17.7 Å². The number of thiazole rings is 1. The zero-order chi connectivity index (χ0) is 18.8. The van der Waals surface area contributed by atoms with E-state index in [1.165, 1.54) is 23.1 Å². The fourth-order valence-electron chi connectivity index (χ4n) is 2.67. The number of furan rings is 1. The lowest BCUT2D eigenvalue weighted by Crippen LogP contribution is -2.14. The Kier molecular flexibility index (Phi) is 4.95. The van der Waals surface area contributed by atoms with E-state index in [1.54, 1.807) is 6.20 Å². The molecule has 0 spiro atoms. The molecular weight excluding hydrogens is 382 g/mol. The Bertz CT molecular complexity index is 1040. The van der Waals surface area contributed by atoms with Gasteiger partial charge in [-0.3, -0.25) is 9.36 Å². The van der Waals surface area contributed by atoms with Gasteiger partial charge in [0.05, 0.1) is 5.75 Å². The van der Waals surface area contributed by atoms with E-state index in [1.807, 2.05) is 40.3 Å². The Balaban J connectivity index is 1.56. The van der Waals surface area contributed by atoms with Crippen molar-refractivity contribution in [2.24, 2.45) is 0 Å². The van der Waals surface area contributed by atoms with Gasteiger partial charge in [0.2, 0.25) is 11.7 Å². The first-order valence-electron chi connectivity index (χ1n) is 8.38. The number of hydrogen-bond acceptors (Lipinski definition) is 7. The van der Waals surface area contributed by atoms with Gasteiger partial charge in [0, 0.05) is 23.0 Å². The molecule has 1 N–H and O–H groups in total. The minimum Gasteiger partial charge on any atom is -0.453 e. The fraction of sp³-hybridized carbons (Fsp3) is 0.222. The fourth-order valence-corrected chi connectivity index (χ4v) is 4.08. The molecule has 0 radical (unpaired) electrons. The molecule has 3 heterocycles. The van der Waals surface area contributed by atoms with Gasteiger partial charge in [0.25, 0.3) is 0 Å². The monoisotopic (exact) mass is 399 g/mol. The zero-order valence-corrected chi connectivity index (χ0v) is 16.4. The van der Waals surface area contributed by atoms with E-state index >= 15 is 0 Å². The Hall–Kier alpha value is -2.65. The lowest BCUT2D eigenvalue weighted by Gasteiger charge is -2.12. The number of aromatic nitrogens is 4. The van der Waals surface area contributed by atoms with Crippen molar-refractivity contribution < 1.29 is 9.21 Å². The molecule has 0 aliphatic heterocycles. The summed E-state index contributed by atoms with van der Waals surface area (Å²) >= 11 is 2.73. The molecule has 0 fully saturated rings. The number of fused-ring (bicyclic) bond motifs is 1. The van der Waals surface area contributed by atoms with Gasteiger partial charge in [-0.05, 0) is 26.0 Å². The van der Waals surface area contributed by atoms with E-state index in [4.69, 9.17) is 4.42 Å². The second kappa shape index (κ2) is 7.53. The highest BCUT2D eigenvalue weighted by Crippen LogP contribution is 2.31. The van der Waals surface area contributed by atoms with Gasteiger partial charge in [0.15, 0.2) is 16.0 Å². The summed E-state index contributed by atoms with van der Waals surface area (Å²) in [6.45, 7) is 4.10. The molecule has 0 saturated carbocycles. The molecule has 4 rings (SSSR count). The van der Waals surface area contributed by atoms with Gasteiger partial charge in [-0.25, -0.2) is 4.98 Å². The molecule has 3 aromatic heterocycles. The van der Waals surface area contributed by atoms with Crippen LogP contribution in [0.25, 0.3) is 22.6 Å². The molecule has 138 valence electrons. The quantitative estimate of drug-likeness (QED) is 0.482. The molecule has 1 aromatic carbocycles. The molecule has 0 atom stereocenters. The van der Waals surface area contributed by atoms with Crippen LogP contribution in [-0.2, 0) is 4.79 Å². The summed E-state index contributed by atoms with van der Waals surface area (Å²) in [5.41, 5.74) is 0.808. The number of rotatable bonds is 6. The summed E-state index contributed by atoms with van der Waals surface area (Å²) in [6.07, 6.45) is 1.66. The number of para-hydroxylation sites is 1. The summed E-state index contributed by atoms with van der Waals surface area (Å²) in [5.74, 6) is 1.42. The summed E-state index contributed by atoms with van der Waals surface area (Å²) in [7, 11) is 0. The first kappa shape index (κ1) is 17.7. The van der Waals surface area contributed by atoms with Crippen LogP contribution < -0.4 is 5.32 Å². The van der Waals surface area contributed by atoms with Gasteiger partial charge in [-0.2, -0.15) is 0 Å². The topological polar surface area (TPSA) is 85.8 Å². The van der Waals surface area contributed by atoms with Crippen molar-refractivity contribution in [3.05, 3.63) is 41.9 Å². The van der Waals surface area contributed by atoms with Crippen LogP contribution in [0.3, 0.4) is 0 Å². The lowest BCUT2D eigenvalue weighted by atomic mass is 10.2. The highest BCUT2D eigenvalue weighted by Gasteiger charge is 2.20. The second-order valence-electron chi connectivity index (χ2n) is 6.09. The largest absolute Gasteiger partial charge is 0.453 e. The smallest absolute Gasteiger partial charge is 0.236 e. The maximum Gasteiger partial charge on any atom is 0.236 e. The number of nitrogens with one attached hydrogen (secondary N) is 1. The molecule has 1 amide bonds. The molecule has 0 unspecified atom stereocenters. The Morgan fingerprint density at radius 2 is 2.19 bits per heavy atom. The average molecular weight is 400 g/mol.